The fraction of sp³-hybridized carbons (Fsp3) is 0.300. The average Bonchev–Trinajstić information content (AvgIpc) is 2.93. The third-order valence-corrected chi connectivity index (χ3v) is 6.56. The van der Waals surface area contributed by atoms with Gasteiger partial charge in [-0.3, -0.25) is 14.2 Å². The van der Waals surface area contributed by atoms with Gasteiger partial charge in [0, 0.05) is 6.54 Å². The van der Waals surface area contributed by atoms with Crippen LogP contribution in [0, 0.1) is 5.82 Å². The molecule has 1 amide bonds. The van der Waals surface area contributed by atoms with Crippen LogP contribution in [0.25, 0.3) is 16.6 Å². The summed E-state index contributed by atoms with van der Waals surface area (Å²) in [6.45, 7) is 4.46. The van der Waals surface area contributed by atoms with Crippen molar-refractivity contribution < 1.29 is 13.9 Å². The summed E-state index contributed by atoms with van der Waals surface area (Å²) in [5.41, 5.74) is 0.953. The molecule has 6 nitrogen and oxygen atoms in total. The Morgan fingerprint density at radius 3 is 2.38 bits per heavy atom. The summed E-state index contributed by atoms with van der Waals surface area (Å²) in [4.78, 5) is 34.2. The van der Waals surface area contributed by atoms with E-state index in [0.29, 0.717) is 41.1 Å². The van der Waals surface area contributed by atoms with Crippen LogP contribution in [0.2, 0.25) is 0 Å². The van der Waals surface area contributed by atoms with Crippen LogP contribution in [0.15, 0.2) is 77.6 Å². The van der Waals surface area contributed by atoms with Crippen LogP contribution < -0.4 is 10.3 Å². The number of fused-ring (bicyclic) bond motifs is 1. The minimum atomic E-state index is -0.568. The van der Waals surface area contributed by atoms with Crippen molar-refractivity contribution in [1.29, 1.82) is 0 Å². The molecule has 0 bridgehead atoms. The van der Waals surface area contributed by atoms with E-state index in [2.05, 4.69) is 6.92 Å². The normalized spacial score (nSPS) is 11.9. The number of unbranched alkanes of at least 4 members (excludes halogenated alkanes) is 2. The van der Waals surface area contributed by atoms with Gasteiger partial charge in [0.15, 0.2) is 0 Å². The van der Waals surface area contributed by atoms with Crippen LogP contribution in [0.3, 0.4) is 0 Å². The lowest BCUT2D eigenvalue weighted by atomic mass is 10.1. The monoisotopic (exact) mass is 501 g/mol. The van der Waals surface area contributed by atoms with Gasteiger partial charge in [-0.2, -0.15) is 0 Å². The van der Waals surface area contributed by atoms with Gasteiger partial charge in [-0.05, 0) is 61.4 Å². The number of para-hydroxylation sites is 1. The molecule has 37 heavy (non-hydrogen) atoms. The highest BCUT2D eigenvalue weighted by atomic mass is 19.1. The second-order valence-electron chi connectivity index (χ2n) is 8.94. The second kappa shape index (κ2) is 11.8. The molecule has 192 valence electrons. The van der Waals surface area contributed by atoms with Gasteiger partial charge >= 0.3 is 0 Å². The summed E-state index contributed by atoms with van der Waals surface area (Å²) in [6, 6.07) is 19.8. The first-order valence-electron chi connectivity index (χ1n) is 12.7. The Labute approximate surface area is 216 Å². The summed E-state index contributed by atoms with van der Waals surface area (Å²) in [6.07, 6.45) is 3.15. The Morgan fingerprint density at radius 1 is 1.00 bits per heavy atom. The number of hydrogen-bond acceptors (Lipinski definition) is 4. The number of aromatic nitrogens is 2. The van der Waals surface area contributed by atoms with Crippen LogP contribution >= 0.6 is 0 Å². The fourth-order valence-corrected chi connectivity index (χ4v) is 4.62. The number of amides is 1. The summed E-state index contributed by atoms with van der Waals surface area (Å²) in [5.74, 6) is 0.124. The van der Waals surface area contributed by atoms with Crippen molar-refractivity contribution in [2.75, 3.05) is 13.7 Å². The SMILES string of the molecule is CCCCCN(C(=O)c1ccccc1F)C(CC)c1nc2ccccc2c(=O)n1-c1ccc(OC)cc1. The van der Waals surface area contributed by atoms with Crippen LogP contribution in [0.5, 0.6) is 5.75 Å². The molecule has 0 saturated heterocycles. The molecule has 7 heteroatoms. The Kier molecular flexibility index (Phi) is 8.33. The maximum Gasteiger partial charge on any atom is 0.266 e. The molecule has 4 aromatic rings. The molecule has 1 unspecified atom stereocenters. The van der Waals surface area contributed by atoms with Gasteiger partial charge in [-0.25, -0.2) is 9.37 Å². The first-order valence-corrected chi connectivity index (χ1v) is 12.7. The van der Waals surface area contributed by atoms with E-state index in [1.807, 2.05) is 13.0 Å². The second-order valence-corrected chi connectivity index (χ2v) is 8.94. The largest absolute Gasteiger partial charge is 0.497 e. The third-order valence-electron chi connectivity index (χ3n) is 6.56. The molecule has 1 atom stereocenters. The van der Waals surface area contributed by atoms with Crippen molar-refractivity contribution in [3.8, 4) is 11.4 Å². The maximum atomic E-state index is 14.7. The summed E-state index contributed by atoms with van der Waals surface area (Å²) in [7, 11) is 1.58. The van der Waals surface area contributed by atoms with E-state index in [1.54, 1.807) is 71.2 Å². The minimum Gasteiger partial charge on any atom is -0.497 e. The molecule has 4 rings (SSSR count). The molecule has 0 spiro atoms. The van der Waals surface area contributed by atoms with E-state index in [1.165, 1.54) is 12.1 Å². The number of methoxy groups -OCH3 is 1. The number of nitrogens with zero attached hydrogens (tertiary/aromatic N) is 3. The molecule has 0 aliphatic carbocycles. The number of carbonyl (C=O) groups excluding carboxylic acids is 1. The predicted octanol–water partition coefficient (Wildman–Crippen LogP) is 6.32. The zero-order valence-electron chi connectivity index (χ0n) is 21.5. The van der Waals surface area contributed by atoms with Crippen LogP contribution in [-0.2, 0) is 0 Å². The van der Waals surface area contributed by atoms with E-state index in [0.717, 1.165) is 19.3 Å². The average molecular weight is 502 g/mol. The summed E-state index contributed by atoms with van der Waals surface area (Å²) < 4.78 is 21.6. The predicted molar refractivity (Wildman–Crippen MR) is 144 cm³/mol. The zero-order valence-corrected chi connectivity index (χ0v) is 21.5. The molecule has 0 radical (unpaired) electrons. The summed E-state index contributed by atoms with van der Waals surface area (Å²) in [5, 5.41) is 0.481. The number of rotatable bonds is 10. The third kappa shape index (κ3) is 5.40. The highest BCUT2D eigenvalue weighted by molar-refractivity contribution is 5.94. The van der Waals surface area contributed by atoms with Crippen molar-refractivity contribution in [3.63, 3.8) is 0 Å². The first-order chi connectivity index (χ1) is 18.0. The Balaban J connectivity index is 1.92. The number of hydrogen-bond donors (Lipinski definition) is 0. The van der Waals surface area contributed by atoms with Crippen LogP contribution in [-0.4, -0.2) is 34.0 Å². The molecule has 1 heterocycles. The van der Waals surface area contributed by atoms with Crippen molar-refractivity contribution >= 4 is 16.8 Å². The Bertz CT molecular complexity index is 1430. The number of carbonyl (C=O) groups is 1. The minimum absolute atomic E-state index is 0.0107. The molecule has 3 aromatic carbocycles. The fourth-order valence-electron chi connectivity index (χ4n) is 4.62. The van der Waals surface area contributed by atoms with Crippen molar-refractivity contribution in [1.82, 2.24) is 14.5 Å². The van der Waals surface area contributed by atoms with Gasteiger partial charge in [0.1, 0.15) is 17.4 Å². The molecule has 0 fully saturated rings. The molecule has 0 N–H and O–H groups in total. The quantitative estimate of drug-likeness (QED) is 0.239. The number of benzene rings is 3. The van der Waals surface area contributed by atoms with Gasteiger partial charge < -0.3 is 9.64 Å². The molecular weight excluding hydrogens is 469 g/mol. The van der Waals surface area contributed by atoms with E-state index in [9.17, 15) is 14.0 Å². The van der Waals surface area contributed by atoms with E-state index < -0.39 is 17.8 Å². The number of ether oxygens (including phenoxy) is 1. The molecular formula is C30H32FN3O3. The van der Waals surface area contributed by atoms with Crippen LogP contribution in [0.4, 0.5) is 4.39 Å². The van der Waals surface area contributed by atoms with E-state index in [-0.39, 0.29) is 11.1 Å². The molecule has 1 aromatic heterocycles. The topological polar surface area (TPSA) is 64.4 Å². The lowest BCUT2D eigenvalue weighted by Crippen LogP contribution is -2.39. The van der Waals surface area contributed by atoms with Gasteiger partial charge in [-0.1, -0.05) is 51.0 Å². The zero-order chi connectivity index (χ0) is 26.4. The highest BCUT2D eigenvalue weighted by Crippen LogP contribution is 2.29. The summed E-state index contributed by atoms with van der Waals surface area (Å²) >= 11 is 0. The molecule has 0 aliphatic rings. The lowest BCUT2D eigenvalue weighted by Gasteiger charge is -2.32. The van der Waals surface area contributed by atoms with Gasteiger partial charge in [0.25, 0.3) is 11.5 Å². The smallest absolute Gasteiger partial charge is 0.266 e. The van der Waals surface area contributed by atoms with E-state index >= 15 is 0 Å². The number of halogens is 1. The van der Waals surface area contributed by atoms with Crippen molar-refractivity contribution in [2.45, 2.75) is 45.6 Å². The standard InChI is InChI=1S/C30H32FN3O3/c1-4-6-11-20-33(29(35)23-12-7-9-14-25(23)31)27(5-2)28-32-26-15-10-8-13-24(26)30(36)34(28)21-16-18-22(37-3)19-17-21/h7-10,12-19,27H,4-6,11,20H2,1-3H3. The van der Waals surface area contributed by atoms with Gasteiger partial charge in [0.2, 0.25) is 0 Å². The van der Waals surface area contributed by atoms with Gasteiger partial charge in [0.05, 0.1) is 35.3 Å². The first kappa shape index (κ1) is 26.1. The van der Waals surface area contributed by atoms with Crippen LogP contribution in [0.1, 0.15) is 61.8 Å². The molecule has 0 saturated carbocycles. The lowest BCUT2D eigenvalue weighted by molar-refractivity contribution is 0.0650. The maximum absolute atomic E-state index is 14.7. The highest BCUT2D eigenvalue weighted by Gasteiger charge is 2.30. The molecule has 0 aliphatic heterocycles. The Hall–Kier alpha value is -4.00. The van der Waals surface area contributed by atoms with Crippen molar-refractivity contribution in [3.05, 3.63) is 100 Å². The van der Waals surface area contributed by atoms with Crippen molar-refractivity contribution in [2.24, 2.45) is 0 Å². The van der Waals surface area contributed by atoms with E-state index in [4.69, 9.17) is 9.72 Å². The van der Waals surface area contributed by atoms with Gasteiger partial charge in [-0.15, -0.1) is 0 Å². The Morgan fingerprint density at radius 2 is 1.70 bits per heavy atom.